The van der Waals surface area contributed by atoms with Crippen molar-refractivity contribution in [2.24, 2.45) is 0 Å². The van der Waals surface area contributed by atoms with Crippen molar-refractivity contribution in [3.8, 4) is 0 Å². The third-order valence-corrected chi connectivity index (χ3v) is 3.84. The molecule has 0 unspecified atom stereocenters. The minimum Gasteiger partial charge on any atom is -0.288 e. The molecule has 0 aliphatic heterocycles. The van der Waals surface area contributed by atoms with E-state index in [0.29, 0.717) is 5.56 Å². The topological polar surface area (TPSA) is 17.1 Å². The summed E-state index contributed by atoms with van der Waals surface area (Å²) in [5.41, 5.74) is 0.693. The van der Waals surface area contributed by atoms with E-state index in [9.17, 15) is 9.18 Å². The standard InChI is InChI=1S/C16H15FOS/c1-2-4-14-8-10-16(19-14)15(18)9-7-12-5-3-6-13(17)11-12/h3,5-11H,2,4H2,1H3/b9-7+. The van der Waals surface area contributed by atoms with Gasteiger partial charge in [-0.3, -0.25) is 4.79 Å². The summed E-state index contributed by atoms with van der Waals surface area (Å²) in [5.74, 6) is -0.326. The molecule has 2 rings (SSSR count). The van der Waals surface area contributed by atoms with E-state index < -0.39 is 0 Å². The fourth-order valence-electron chi connectivity index (χ4n) is 1.76. The zero-order valence-electron chi connectivity index (χ0n) is 10.7. The van der Waals surface area contributed by atoms with Crippen LogP contribution in [0.1, 0.15) is 33.5 Å². The van der Waals surface area contributed by atoms with Crippen LogP contribution in [0.5, 0.6) is 0 Å². The van der Waals surface area contributed by atoms with Crippen LogP contribution in [0.4, 0.5) is 4.39 Å². The van der Waals surface area contributed by atoms with Gasteiger partial charge in [-0.05, 0) is 42.3 Å². The Balaban J connectivity index is 2.07. The van der Waals surface area contributed by atoms with Gasteiger partial charge in [0.2, 0.25) is 0 Å². The number of halogens is 1. The predicted molar refractivity (Wildman–Crippen MR) is 78.1 cm³/mol. The third-order valence-electron chi connectivity index (χ3n) is 2.68. The molecule has 1 nitrogen and oxygen atoms in total. The minimum atomic E-state index is -0.295. The number of hydrogen-bond acceptors (Lipinski definition) is 2. The largest absolute Gasteiger partial charge is 0.288 e. The summed E-state index contributed by atoms with van der Waals surface area (Å²) < 4.78 is 13.0. The lowest BCUT2D eigenvalue weighted by atomic mass is 10.2. The Morgan fingerprint density at radius 3 is 2.89 bits per heavy atom. The number of benzene rings is 1. The van der Waals surface area contributed by atoms with Crippen molar-refractivity contribution < 1.29 is 9.18 Å². The van der Waals surface area contributed by atoms with Gasteiger partial charge in [-0.1, -0.05) is 31.6 Å². The van der Waals surface area contributed by atoms with Gasteiger partial charge >= 0.3 is 0 Å². The molecule has 0 fully saturated rings. The van der Waals surface area contributed by atoms with Crippen LogP contribution in [0.15, 0.2) is 42.5 Å². The van der Waals surface area contributed by atoms with Crippen molar-refractivity contribution in [2.75, 3.05) is 0 Å². The molecule has 1 heterocycles. The number of carbonyl (C=O) groups is 1. The summed E-state index contributed by atoms with van der Waals surface area (Å²) >= 11 is 1.53. The van der Waals surface area contributed by atoms with E-state index >= 15 is 0 Å². The minimum absolute atomic E-state index is 0.0309. The lowest BCUT2D eigenvalue weighted by molar-refractivity contribution is 0.105. The molecule has 0 saturated heterocycles. The monoisotopic (exact) mass is 274 g/mol. The fourth-order valence-corrected chi connectivity index (χ4v) is 2.78. The smallest absolute Gasteiger partial charge is 0.195 e. The SMILES string of the molecule is CCCc1ccc(C(=O)/C=C/c2cccc(F)c2)s1. The summed E-state index contributed by atoms with van der Waals surface area (Å²) in [6, 6.07) is 10.0. The Kier molecular flexibility index (Phi) is 4.63. The van der Waals surface area contributed by atoms with Gasteiger partial charge in [0.05, 0.1) is 4.88 Å². The maximum absolute atomic E-state index is 13.0. The summed E-state index contributed by atoms with van der Waals surface area (Å²) in [5, 5.41) is 0. The van der Waals surface area contributed by atoms with Gasteiger partial charge in [0.25, 0.3) is 0 Å². The predicted octanol–water partition coefficient (Wildman–Crippen LogP) is 4.74. The van der Waals surface area contributed by atoms with E-state index in [1.807, 2.05) is 12.1 Å². The first-order chi connectivity index (χ1) is 9.19. The van der Waals surface area contributed by atoms with E-state index in [0.717, 1.165) is 17.7 Å². The highest BCUT2D eigenvalue weighted by Gasteiger charge is 2.05. The highest BCUT2D eigenvalue weighted by molar-refractivity contribution is 7.14. The van der Waals surface area contributed by atoms with Gasteiger partial charge in [0.1, 0.15) is 5.82 Å². The van der Waals surface area contributed by atoms with Gasteiger partial charge in [0, 0.05) is 4.88 Å². The average molecular weight is 274 g/mol. The molecule has 0 aliphatic carbocycles. The molecular weight excluding hydrogens is 259 g/mol. The molecule has 0 N–H and O–H groups in total. The molecule has 0 saturated carbocycles. The van der Waals surface area contributed by atoms with Crippen LogP contribution in [0, 0.1) is 5.82 Å². The Labute approximate surface area is 116 Å². The van der Waals surface area contributed by atoms with Gasteiger partial charge in [-0.25, -0.2) is 4.39 Å². The number of ketones is 1. The molecule has 1 aromatic carbocycles. The number of rotatable bonds is 5. The lowest BCUT2D eigenvalue weighted by Crippen LogP contribution is -1.88. The number of hydrogen-bond donors (Lipinski definition) is 0. The molecule has 0 bridgehead atoms. The zero-order valence-corrected chi connectivity index (χ0v) is 11.5. The Morgan fingerprint density at radius 2 is 2.16 bits per heavy atom. The Bertz CT molecular complexity index is 598. The van der Waals surface area contributed by atoms with Gasteiger partial charge < -0.3 is 0 Å². The summed E-state index contributed by atoms with van der Waals surface area (Å²) in [4.78, 5) is 13.9. The summed E-state index contributed by atoms with van der Waals surface area (Å²) in [7, 11) is 0. The zero-order chi connectivity index (χ0) is 13.7. The van der Waals surface area contributed by atoms with Gasteiger partial charge in [-0.2, -0.15) is 0 Å². The summed E-state index contributed by atoms with van der Waals surface area (Å²) in [6.07, 6.45) is 5.22. The maximum Gasteiger partial charge on any atom is 0.195 e. The molecule has 0 radical (unpaired) electrons. The first kappa shape index (κ1) is 13.7. The second-order valence-corrected chi connectivity index (χ2v) is 5.44. The lowest BCUT2D eigenvalue weighted by Gasteiger charge is -1.93. The first-order valence-corrected chi connectivity index (χ1v) is 7.07. The molecule has 0 aliphatic rings. The van der Waals surface area contributed by atoms with Crippen LogP contribution in [0.2, 0.25) is 0 Å². The molecule has 0 amide bonds. The highest BCUT2D eigenvalue weighted by atomic mass is 32.1. The van der Waals surface area contributed by atoms with Crippen LogP contribution in [-0.4, -0.2) is 5.78 Å². The average Bonchev–Trinajstić information content (AvgIpc) is 2.85. The van der Waals surface area contributed by atoms with Crippen molar-refractivity contribution >= 4 is 23.2 Å². The Morgan fingerprint density at radius 1 is 1.32 bits per heavy atom. The molecule has 19 heavy (non-hydrogen) atoms. The third kappa shape index (κ3) is 3.86. The second kappa shape index (κ2) is 6.43. The first-order valence-electron chi connectivity index (χ1n) is 6.25. The highest BCUT2D eigenvalue weighted by Crippen LogP contribution is 2.19. The quantitative estimate of drug-likeness (QED) is 0.568. The van der Waals surface area contributed by atoms with E-state index in [4.69, 9.17) is 0 Å². The van der Waals surface area contributed by atoms with Crippen LogP contribution >= 0.6 is 11.3 Å². The number of thiophene rings is 1. The summed E-state index contributed by atoms with van der Waals surface area (Å²) in [6.45, 7) is 2.12. The van der Waals surface area contributed by atoms with Crippen molar-refractivity contribution in [1.82, 2.24) is 0 Å². The van der Waals surface area contributed by atoms with E-state index in [1.165, 1.54) is 34.4 Å². The van der Waals surface area contributed by atoms with Crippen LogP contribution in [0.25, 0.3) is 6.08 Å². The molecule has 0 spiro atoms. The fraction of sp³-hybridized carbons (Fsp3) is 0.188. The molecule has 2 aromatic rings. The number of allylic oxidation sites excluding steroid dienone is 1. The molecule has 1 aromatic heterocycles. The molecule has 0 atom stereocenters. The van der Waals surface area contributed by atoms with Crippen molar-refractivity contribution in [2.45, 2.75) is 19.8 Å². The van der Waals surface area contributed by atoms with Crippen molar-refractivity contribution in [3.63, 3.8) is 0 Å². The van der Waals surface area contributed by atoms with Crippen LogP contribution in [0.3, 0.4) is 0 Å². The normalized spacial score (nSPS) is 11.1. The number of aryl methyl sites for hydroxylation is 1. The van der Waals surface area contributed by atoms with Gasteiger partial charge in [-0.15, -0.1) is 11.3 Å². The Hall–Kier alpha value is -1.74. The van der Waals surface area contributed by atoms with Crippen LogP contribution < -0.4 is 0 Å². The number of carbonyl (C=O) groups excluding carboxylic acids is 1. The van der Waals surface area contributed by atoms with E-state index in [-0.39, 0.29) is 11.6 Å². The van der Waals surface area contributed by atoms with E-state index in [2.05, 4.69) is 6.92 Å². The van der Waals surface area contributed by atoms with Crippen LogP contribution in [-0.2, 0) is 6.42 Å². The molecule has 3 heteroatoms. The van der Waals surface area contributed by atoms with E-state index in [1.54, 1.807) is 18.2 Å². The van der Waals surface area contributed by atoms with Crippen molar-refractivity contribution in [3.05, 3.63) is 63.6 Å². The molecular formula is C16H15FOS. The maximum atomic E-state index is 13.0. The van der Waals surface area contributed by atoms with Gasteiger partial charge in [0.15, 0.2) is 5.78 Å². The second-order valence-electron chi connectivity index (χ2n) is 4.27. The van der Waals surface area contributed by atoms with Crippen molar-refractivity contribution in [1.29, 1.82) is 0 Å². The molecule has 98 valence electrons.